The van der Waals surface area contributed by atoms with Crippen LogP contribution in [-0.2, 0) is 0 Å². The van der Waals surface area contributed by atoms with Gasteiger partial charge in [0.05, 0.1) is 6.26 Å². The summed E-state index contributed by atoms with van der Waals surface area (Å²) in [6.45, 7) is 2.01. The number of aryl methyl sites for hydroxylation is 1. The van der Waals surface area contributed by atoms with Gasteiger partial charge in [0.1, 0.15) is 5.75 Å². The van der Waals surface area contributed by atoms with E-state index in [4.69, 9.17) is 20.8 Å². The van der Waals surface area contributed by atoms with Crippen LogP contribution in [0.3, 0.4) is 0 Å². The molecule has 0 aliphatic heterocycles. The fourth-order valence-corrected chi connectivity index (χ4v) is 2.08. The van der Waals surface area contributed by atoms with Gasteiger partial charge < -0.3 is 9.15 Å². The molecular weight excluding hydrogens is 248 g/mol. The molecule has 0 aliphatic rings. The summed E-state index contributed by atoms with van der Waals surface area (Å²) in [5.41, 5.74) is 1.86. The Labute approximate surface area is 110 Å². The van der Waals surface area contributed by atoms with Crippen LogP contribution in [0.2, 0.25) is 5.02 Å². The van der Waals surface area contributed by atoms with Crippen LogP contribution in [0.4, 0.5) is 0 Å². The minimum absolute atomic E-state index is 0.648. The molecule has 0 amide bonds. The molecule has 0 spiro atoms. The second kappa shape index (κ2) is 4.39. The van der Waals surface area contributed by atoms with Crippen molar-refractivity contribution in [3.05, 3.63) is 59.3 Å². The van der Waals surface area contributed by atoms with Gasteiger partial charge in [-0.1, -0.05) is 29.8 Å². The van der Waals surface area contributed by atoms with E-state index < -0.39 is 0 Å². The molecule has 90 valence electrons. The van der Waals surface area contributed by atoms with Crippen molar-refractivity contribution in [3.8, 4) is 11.5 Å². The van der Waals surface area contributed by atoms with E-state index in [9.17, 15) is 0 Å². The molecule has 0 atom stereocenters. The standard InChI is InChI=1S/C15H11ClO2/c1-10-9-17-15-13(10)6-3-7-14(15)18-12-5-2-4-11(16)8-12/h2-9H,1H3. The van der Waals surface area contributed by atoms with Crippen molar-refractivity contribution in [2.24, 2.45) is 0 Å². The first-order valence-electron chi connectivity index (χ1n) is 5.64. The van der Waals surface area contributed by atoms with Gasteiger partial charge in [0, 0.05) is 10.4 Å². The third-order valence-electron chi connectivity index (χ3n) is 2.78. The molecule has 0 saturated carbocycles. The molecule has 18 heavy (non-hydrogen) atoms. The van der Waals surface area contributed by atoms with Gasteiger partial charge in [-0.05, 0) is 36.8 Å². The molecular formula is C15H11ClO2. The van der Waals surface area contributed by atoms with Crippen molar-refractivity contribution in [2.75, 3.05) is 0 Å². The van der Waals surface area contributed by atoms with Crippen molar-refractivity contribution >= 4 is 22.6 Å². The number of rotatable bonds is 2. The normalized spacial score (nSPS) is 10.8. The Morgan fingerprint density at radius 1 is 1.11 bits per heavy atom. The van der Waals surface area contributed by atoms with Crippen molar-refractivity contribution < 1.29 is 9.15 Å². The second-order valence-electron chi connectivity index (χ2n) is 4.11. The Morgan fingerprint density at radius 3 is 2.78 bits per heavy atom. The molecule has 1 heterocycles. The second-order valence-corrected chi connectivity index (χ2v) is 4.55. The lowest BCUT2D eigenvalue weighted by Gasteiger charge is -2.06. The highest BCUT2D eigenvalue weighted by molar-refractivity contribution is 6.30. The average Bonchev–Trinajstić information content (AvgIpc) is 2.73. The smallest absolute Gasteiger partial charge is 0.176 e. The van der Waals surface area contributed by atoms with E-state index in [0.29, 0.717) is 16.5 Å². The fourth-order valence-electron chi connectivity index (χ4n) is 1.90. The number of hydrogen-bond donors (Lipinski definition) is 0. The van der Waals surface area contributed by atoms with Gasteiger partial charge in [-0.3, -0.25) is 0 Å². The van der Waals surface area contributed by atoms with Crippen LogP contribution >= 0.6 is 11.6 Å². The van der Waals surface area contributed by atoms with Crippen molar-refractivity contribution in [2.45, 2.75) is 6.92 Å². The maximum absolute atomic E-state index is 5.93. The molecule has 0 fully saturated rings. The molecule has 3 heteroatoms. The third-order valence-corrected chi connectivity index (χ3v) is 3.02. The molecule has 3 aromatic rings. The Morgan fingerprint density at radius 2 is 1.94 bits per heavy atom. The van der Waals surface area contributed by atoms with Crippen LogP contribution in [0, 0.1) is 6.92 Å². The molecule has 0 saturated heterocycles. The maximum atomic E-state index is 5.93. The van der Waals surface area contributed by atoms with E-state index in [1.54, 1.807) is 12.3 Å². The lowest BCUT2D eigenvalue weighted by atomic mass is 10.2. The van der Waals surface area contributed by atoms with Crippen LogP contribution in [0.15, 0.2) is 53.1 Å². The zero-order valence-electron chi connectivity index (χ0n) is 9.81. The van der Waals surface area contributed by atoms with Gasteiger partial charge in [0.2, 0.25) is 0 Å². The monoisotopic (exact) mass is 258 g/mol. The number of para-hydroxylation sites is 1. The van der Waals surface area contributed by atoms with Crippen molar-refractivity contribution in [3.63, 3.8) is 0 Å². The van der Waals surface area contributed by atoms with Gasteiger partial charge in [-0.25, -0.2) is 0 Å². The first kappa shape index (κ1) is 11.2. The summed E-state index contributed by atoms with van der Waals surface area (Å²) in [5, 5.41) is 1.71. The highest BCUT2D eigenvalue weighted by atomic mass is 35.5. The number of furan rings is 1. The summed E-state index contributed by atoms with van der Waals surface area (Å²) in [5.74, 6) is 1.40. The Hall–Kier alpha value is -1.93. The predicted molar refractivity (Wildman–Crippen MR) is 72.5 cm³/mol. The van der Waals surface area contributed by atoms with Gasteiger partial charge in [0.25, 0.3) is 0 Å². The molecule has 0 bridgehead atoms. The fraction of sp³-hybridized carbons (Fsp3) is 0.0667. The van der Waals surface area contributed by atoms with Gasteiger partial charge in [-0.2, -0.15) is 0 Å². The minimum atomic E-state index is 0.648. The van der Waals surface area contributed by atoms with E-state index in [1.165, 1.54) is 0 Å². The van der Waals surface area contributed by atoms with Crippen LogP contribution in [-0.4, -0.2) is 0 Å². The number of halogens is 1. The number of ether oxygens (including phenoxy) is 1. The quantitative estimate of drug-likeness (QED) is 0.631. The zero-order valence-corrected chi connectivity index (χ0v) is 10.6. The topological polar surface area (TPSA) is 22.4 Å². The Bertz CT molecular complexity index is 701. The largest absolute Gasteiger partial charge is 0.460 e. The molecule has 0 radical (unpaired) electrons. The molecule has 0 N–H and O–H groups in total. The number of fused-ring (bicyclic) bond motifs is 1. The maximum Gasteiger partial charge on any atom is 0.176 e. The summed E-state index contributed by atoms with van der Waals surface area (Å²) in [6.07, 6.45) is 1.73. The summed E-state index contributed by atoms with van der Waals surface area (Å²) in [6, 6.07) is 13.1. The summed E-state index contributed by atoms with van der Waals surface area (Å²) >= 11 is 5.93. The molecule has 2 aromatic carbocycles. The van der Waals surface area contributed by atoms with Gasteiger partial charge >= 0.3 is 0 Å². The van der Waals surface area contributed by atoms with Crippen LogP contribution < -0.4 is 4.74 Å². The Balaban J connectivity index is 2.05. The minimum Gasteiger partial charge on any atom is -0.460 e. The van der Waals surface area contributed by atoms with Crippen LogP contribution in [0.25, 0.3) is 11.0 Å². The van der Waals surface area contributed by atoms with Crippen LogP contribution in [0.5, 0.6) is 11.5 Å². The van der Waals surface area contributed by atoms with Crippen LogP contribution in [0.1, 0.15) is 5.56 Å². The third kappa shape index (κ3) is 1.95. The first-order valence-corrected chi connectivity index (χ1v) is 6.02. The zero-order chi connectivity index (χ0) is 12.5. The van der Waals surface area contributed by atoms with E-state index >= 15 is 0 Å². The lowest BCUT2D eigenvalue weighted by molar-refractivity contribution is 0.472. The van der Waals surface area contributed by atoms with E-state index in [1.807, 2.05) is 43.3 Å². The number of hydrogen-bond acceptors (Lipinski definition) is 2. The molecule has 3 rings (SSSR count). The van der Waals surface area contributed by atoms with E-state index in [2.05, 4.69) is 0 Å². The van der Waals surface area contributed by atoms with Crippen molar-refractivity contribution in [1.29, 1.82) is 0 Å². The number of benzene rings is 2. The summed E-state index contributed by atoms with van der Waals surface area (Å²) in [7, 11) is 0. The molecule has 0 aliphatic carbocycles. The summed E-state index contributed by atoms with van der Waals surface area (Å²) in [4.78, 5) is 0. The Kier molecular flexibility index (Phi) is 2.73. The first-order chi connectivity index (χ1) is 8.74. The van der Waals surface area contributed by atoms with Gasteiger partial charge in [0.15, 0.2) is 11.3 Å². The molecule has 2 nitrogen and oxygen atoms in total. The average molecular weight is 259 g/mol. The molecule has 1 aromatic heterocycles. The highest BCUT2D eigenvalue weighted by Gasteiger charge is 2.08. The SMILES string of the molecule is Cc1coc2c(Oc3cccc(Cl)c3)cccc12. The van der Waals surface area contributed by atoms with Gasteiger partial charge in [-0.15, -0.1) is 0 Å². The lowest BCUT2D eigenvalue weighted by Crippen LogP contribution is -1.84. The predicted octanol–water partition coefficient (Wildman–Crippen LogP) is 5.19. The molecule has 0 unspecified atom stereocenters. The van der Waals surface area contributed by atoms with E-state index in [-0.39, 0.29) is 0 Å². The summed E-state index contributed by atoms with van der Waals surface area (Å²) < 4.78 is 11.3. The highest BCUT2D eigenvalue weighted by Crippen LogP contribution is 2.33. The van der Waals surface area contributed by atoms with E-state index in [0.717, 1.165) is 16.5 Å². The van der Waals surface area contributed by atoms with Crippen molar-refractivity contribution in [1.82, 2.24) is 0 Å².